The SMILES string of the molecule is Cc1nn(-c2ccccc2)c2sc(C(=O)NCCCCCC(=O)O)cc12. The predicted molar refractivity (Wildman–Crippen MR) is 102 cm³/mol. The fourth-order valence-corrected chi connectivity index (χ4v) is 3.87. The largest absolute Gasteiger partial charge is 0.481 e. The van der Waals surface area contributed by atoms with E-state index in [1.807, 2.05) is 48.0 Å². The monoisotopic (exact) mass is 371 g/mol. The molecule has 0 aliphatic heterocycles. The second-order valence-corrected chi connectivity index (χ2v) is 7.15. The molecule has 0 aliphatic rings. The van der Waals surface area contributed by atoms with Crippen LogP contribution < -0.4 is 5.32 Å². The predicted octanol–water partition coefficient (Wildman–Crippen LogP) is 3.77. The first kappa shape index (κ1) is 18.1. The molecule has 6 nitrogen and oxygen atoms in total. The van der Waals surface area contributed by atoms with Gasteiger partial charge in [0.1, 0.15) is 4.83 Å². The van der Waals surface area contributed by atoms with Crippen LogP contribution in [0.4, 0.5) is 0 Å². The van der Waals surface area contributed by atoms with Crippen LogP contribution in [0.1, 0.15) is 41.0 Å². The van der Waals surface area contributed by atoms with E-state index < -0.39 is 5.97 Å². The zero-order valence-electron chi connectivity index (χ0n) is 14.6. The molecule has 26 heavy (non-hydrogen) atoms. The van der Waals surface area contributed by atoms with Crippen molar-refractivity contribution in [1.82, 2.24) is 15.1 Å². The summed E-state index contributed by atoms with van der Waals surface area (Å²) in [6, 6.07) is 11.8. The minimum atomic E-state index is -0.776. The lowest BCUT2D eigenvalue weighted by atomic mass is 10.2. The molecule has 7 heteroatoms. The maximum atomic E-state index is 12.4. The van der Waals surface area contributed by atoms with E-state index in [4.69, 9.17) is 5.11 Å². The number of amides is 1. The molecule has 0 saturated heterocycles. The number of thiophene rings is 1. The molecule has 0 aliphatic carbocycles. The molecule has 0 atom stereocenters. The topological polar surface area (TPSA) is 84.2 Å². The number of para-hydroxylation sites is 1. The summed E-state index contributed by atoms with van der Waals surface area (Å²) in [7, 11) is 0. The smallest absolute Gasteiger partial charge is 0.303 e. The van der Waals surface area contributed by atoms with Crippen LogP contribution in [0.5, 0.6) is 0 Å². The molecular weight excluding hydrogens is 350 g/mol. The normalized spacial score (nSPS) is 11.0. The molecule has 3 aromatic rings. The maximum Gasteiger partial charge on any atom is 0.303 e. The van der Waals surface area contributed by atoms with Gasteiger partial charge in [0, 0.05) is 18.4 Å². The lowest BCUT2D eigenvalue weighted by Gasteiger charge is -2.03. The Kier molecular flexibility index (Phi) is 5.68. The molecule has 3 rings (SSSR count). The number of rotatable bonds is 8. The van der Waals surface area contributed by atoms with E-state index in [0.29, 0.717) is 17.8 Å². The average molecular weight is 371 g/mol. The Morgan fingerprint density at radius 1 is 1.19 bits per heavy atom. The van der Waals surface area contributed by atoms with E-state index in [2.05, 4.69) is 10.4 Å². The van der Waals surface area contributed by atoms with Gasteiger partial charge in [-0.3, -0.25) is 9.59 Å². The van der Waals surface area contributed by atoms with Gasteiger partial charge in [0.15, 0.2) is 0 Å². The number of carbonyl (C=O) groups is 2. The number of unbranched alkanes of at least 4 members (excludes halogenated alkanes) is 2. The molecule has 1 amide bonds. The summed E-state index contributed by atoms with van der Waals surface area (Å²) in [5, 5.41) is 17.1. The summed E-state index contributed by atoms with van der Waals surface area (Å²) >= 11 is 1.43. The fourth-order valence-electron chi connectivity index (χ4n) is 2.77. The number of hydrogen-bond acceptors (Lipinski definition) is 4. The molecule has 1 aromatic carbocycles. The first-order valence-corrected chi connectivity index (χ1v) is 9.42. The molecule has 0 saturated carbocycles. The van der Waals surface area contributed by atoms with Gasteiger partial charge in [-0.25, -0.2) is 4.68 Å². The van der Waals surface area contributed by atoms with Gasteiger partial charge in [-0.2, -0.15) is 5.10 Å². The van der Waals surface area contributed by atoms with Gasteiger partial charge in [-0.15, -0.1) is 11.3 Å². The molecule has 0 spiro atoms. The van der Waals surface area contributed by atoms with E-state index in [9.17, 15) is 9.59 Å². The quantitative estimate of drug-likeness (QED) is 0.590. The van der Waals surface area contributed by atoms with Crippen molar-refractivity contribution in [2.45, 2.75) is 32.6 Å². The van der Waals surface area contributed by atoms with Crippen LogP contribution in [-0.4, -0.2) is 33.3 Å². The Labute approximate surface area is 155 Å². The van der Waals surface area contributed by atoms with Crippen molar-refractivity contribution in [1.29, 1.82) is 0 Å². The number of aromatic nitrogens is 2. The zero-order valence-corrected chi connectivity index (χ0v) is 15.4. The lowest BCUT2D eigenvalue weighted by Crippen LogP contribution is -2.23. The van der Waals surface area contributed by atoms with Crippen LogP contribution >= 0.6 is 11.3 Å². The molecule has 2 heterocycles. The number of aryl methyl sites for hydroxylation is 1. The third-order valence-electron chi connectivity index (χ3n) is 4.12. The summed E-state index contributed by atoms with van der Waals surface area (Å²) in [5.41, 5.74) is 1.87. The van der Waals surface area contributed by atoms with E-state index in [1.54, 1.807) is 0 Å². The summed E-state index contributed by atoms with van der Waals surface area (Å²) in [6.07, 6.45) is 2.39. The number of hydrogen-bond donors (Lipinski definition) is 2. The maximum absolute atomic E-state index is 12.4. The summed E-state index contributed by atoms with van der Waals surface area (Å²) in [4.78, 5) is 24.5. The highest BCUT2D eigenvalue weighted by Crippen LogP contribution is 2.30. The minimum Gasteiger partial charge on any atom is -0.481 e. The van der Waals surface area contributed by atoms with Crippen molar-refractivity contribution in [3.8, 4) is 5.69 Å². The van der Waals surface area contributed by atoms with Crippen molar-refractivity contribution >= 4 is 33.4 Å². The second kappa shape index (κ2) is 8.14. The highest BCUT2D eigenvalue weighted by molar-refractivity contribution is 7.20. The van der Waals surface area contributed by atoms with Gasteiger partial charge in [-0.1, -0.05) is 24.6 Å². The van der Waals surface area contributed by atoms with Gasteiger partial charge >= 0.3 is 5.97 Å². The summed E-state index contributed by atoms with van der Waals surface area (Å²) in [6.45, 7) is 2.50. The number of carbonyl (C=O) groups excluding carboxylic acids is 1. The number of benzene rings is 1. The lowest BCUT2D eigenvalue weighted by molar-refractivity contribution is -0.137. The van der Waals surface area contributed by atoms with Crippen molar-refractivity contribution in [2.75, 3.05) is 6.54 Å². The van der Waals surface area contributed by atoms with Crippen molar-refractivity contribution < 1.29 is 14.7 Å². The van der Waals surface area contributed by atoms with E-state index in [-0.39, 0.29) is 12.3 Å². The Morgan fingerprint density at radius 2 is 1.96 bits per heavy atom. The molecule has 2 N–H and O–H groups in total. The van der Waals surface area contributed by atoms with Crippen LogP contribution in [0.15, 0.2) is 36.4 Å². The highest BCUT2D eigenvalue weighted by atomic mass is 32.1. The van der Waals surface area contributed by atoms with E-state index in [0.717, 1.165) is 34.4 Å². The third kappa shape index (κ3) is 4.11. The summed E-state index contributed by atoms with van der Waals surface area (Å²) < 4.78 is 1.87. The molecule has 0 fully saturated rings. The molecule has 2 aromatic heterocycles. The molecule has 136 valence electrons. The van der Waals surface area contributed by atoms with Crippen molar-refractivity contribution in [3.05, 3.63) is 47.0 Å². The fraction of sp³-hybridized carbons (Fsp3) is 0.316. The first-order chi connectivity index (χ1) is 12.6. The minimum absolute atomic E-state index is 0.0940. The molecular formula is C19H21N3O3S. The van der Waals surface area contributed by atoms with Crippen molar-refractivity contribution in [2.24, 2.45) is 0 Å². The van der Waals surface area contributed by atoms with Gasteiger partial charge in [0.05, 0.1) is 16.3 Å². The molecule has 0 radical (unpaired) electrons. The molecule has 0 unspecified atom stereocenters. The zero-order chi connectivity index (χ0) is 18.5. The number of nitrogens with zero attached hydrogens (tertiary/aromatic N) is 2. The number of nitrogens with one attached hydrogen (secondary N) is 1. The van der Waals surface area contributed by atoms with Gasteiger partial charge in [0.2, 0.25) is 0 Å². The molecule has 0 bridgehead atoms. The van der Waals surface area contributed by atoms with E-state index in [1.165, 1.54) is 11.3 Å². The summed E-state index contributed by atoms with van der Waals surface area (Å²) in [5.74, 6) is -0.870. The highest BCUT2D eigenvalue weighted by Gasteiger charge is 2.16. The number of fused-ring (bicyclic) bond motifs is 1. The Balaban J connectivity index is 1.66. The van der Waals surface area contributed by atoms with E-state index >= 15 is 0 Å². The van der Waals surface area contributed by atoms with Gasteiger partial charge < -0.3 is 10.4 Å². The average Bonchev–Trinajstić information content (AvgIpc) is 3.19. The van der Waals surface area contributed by atoms with Crippen LogP contribution in [0.25, 0.3) is 15.9 Å². The van der Waals surface area contributed by atoms with Gasteiger partial charge in [-0.05, 0) is 38.0 Å². The van der Waals surface area contributed by atoms with Crippen LogP contribution in [0, 0.1) is 6.92 Å². The number of carboxylic acids is 1. The van der Waals surface area contributed by atoms with Gasteiger partial charge in [0.25, 0.3) is 5.91 Å². The standard InChI is InChI=1S/C19H21N3O3S/c1-13-15-12-16(18(25)20-11-7-3-6-10-17(23)24)26-19(15)22(21-13)14-8-4-2-5-9-14/h2,4-5,8-9,12H,3,6-7,10-11H2,1H3,(H,20,25)(H,23,24). The number of carboxylic acid groups (broad SMARTS) is 1. The third-order valence-corrected chi connectivity index (χ3v) is 5.23. The van der Waals surface area contributed by atoms with Crippen LogP contribution in [-0.2, 0) is 4.79 Å². The van der Waals surface area contributed by atoms with Crippen LogP contribution in [0.3, 0.4) is 0 Å². The van der Waals surface area contributed by atoms with Crippen LogP contribution in [0.2, 0.25) is 0 Å². The first-order valence-electron chi connectivity index (χ1n) is 8.61. The Bertz CT molecular complexity index is 915. The number of aliphatic carboxylic acids is 1. The Morgan fingerprint density at radius 3 is 2.69 bits per heavy atom. The second-order valence-electron chi connectivity index (χ2n) is 6.12. The van der Waals surface area contributed by atoms with Crippen molar-refractivity contribution in [3.63, 3.8) is 0 Å². The Hall–Kier alpha value is -2.67.